The number of amides is 1. The summed E-state index contributed by atoms with van der Waals surface area (Å²) in [7, 11) is 0. The van der Waals surface area contributed by atoms with Gasteiger partial charge in [-0.05, 0) is 43.9 Å². The summed E-state index contributed by atoms with van der Waals surface area (Å²) in [5.41, 5.74) is 1.90. The Labute approximate surface area is 144 Å². The predicted octanol–water partition coefficient (Wildman–Crippen LogP) is 2.34. The Hall–Kier alpha value is -2.96. The molecule has 0 bridgehead atoms. The number of aryl methyl sites for hydroxylation is 2. The third kappa shape index (κ3) is 3.93. The van der Waals surface area contributed by atoms with Gasteiger partial charge in [-0.15, -0.1) is 0 Å². The molecule has 7 heteroatoms. The summed E-state index contributed by atoms with van der Waals surface area (Å²) >= 11 is 0. The van der Waals surface area contributed by atoms with Crippen LogP contribution in [0.5, 0.6) is 0 Å². The molecule has 1 aromatic carbocycles. The maximum absolute atomic E-state index is 12.3. The Morgan fingerprint density at radius 2 is 2.12 bits per heavy atom. The minimum atomic E-state index is -0.275. The van der Waals surface area contributed by atoms with E-state index in [1.165, 1.54) is 0 Å². The van der Waals surface area contributed by atoms with E-state index in [2.05, 4.69) is 20.4 Å². The van der Waals surface area contributed by atoms with Crippen molar-refractivity contribution in [2.75, 3.05) is 0 Å². The van der Waals surface area contributed by atoms with Crippen molar-refractivity contribution < 1.29 is 9.32 Å². The lowest BCUT2D eigenvalue weighted by Crippen LogP contribution is -2.30. The molecule has 0 spiro atoms. The van der Waals surface area contributed by atoms with Crippen LogP contribution in [0.15, 0.2) is 33.6 Å². The standard InChI is InChI=1S/C18H20N4O3/c1-10(2)19-15(23)6-7-16-21-17(22-25-16)13-9-12-5-4-11(3)8-14(12)20-18(13)24/h4-5,8-10H,6-7H2,1-3H3,(H,19,23)(H,20,24). The number of carbonyl (C=O) groups is 1. The molecule has 0 radical (unpaired) electrons. The van der Waals surface area contributed by atoms with Crippen molar-refractivity contribution in [1.82, 2.24) is 20.4 Å². The van der Waals surface area contributed by atoms with E-state index in [0.717, 1.165) is 16.5 Å². The molecule has 0 saturated carbocycles. The maximum Gasteiger partial charge on any atom is 0.259 e. The lowest BCUT2D eigenvalue weighted by atomic mass is 10.1. The summed E-state index contributed by atoms with van der Waals surface area (Å²) in [5, 5.41) is 7.57. The molecule has 2 heterocycles. The van der Waals surface area contributed by atoms with E-state index in [4.69, 9.17) is 4.52 Å². The van der Waals surface area contributed by atoms with Gasteiger partial charge < -0.3 is 14.8 Å². The number of aromatic nitrogens is 3. The molecule has 7 nitrogen and oxygen atoms in total. The Morgan fingerprint density at radius 3 is 2.88 bits per heavy atom. The van der Waals surface area contributed by atoms with Gasteiger partial charge in [0, 0.05) is 24.4 Å². The van der Waals surface area contributed by atoms with Crippen LogP contribution in [0.1, 0.15) is 31.7 Å². The van der Waals surface area contributed by atoms with Crippen molar-refractivity contribution >= 4 is 16.8 Å². The quantitative estimate of drug-likeness (QED) is 0.742. The highest BCUT2D eigenvalue weighted by Crippen LogP contribution is 2.18. The molecule has 3 aromatic rings. The molecule has 0 fully saturated rings. The van der Waals surface area contributed by atoms with E-state index in [-0.39, 0.29) is 29.8 Å². The fourth-order valence-corrected chi connectivity index (χ4v) is 2.56. The molecule has 0 unspecified atom stereocenters. The molecular formula is C18H20N4O3. The highest BCUT2D eigenvalue weighted by Gasteiger charge is 2.14. The van der Waals surface area contributed by atoms with Crippen LogP contribution in [0.2, 0.25) is 0 Å². The first-order valence-electron chi connectivity index (χ1n) is 8.18. The minimum Gasteiger partial charge on any atom is -0.354 e. The van der Waals surface area contributed by atoms with Gasteiger partial charge in [-0.25, -0.2) is 0 Å². The third-order valence-electron chi connectivity index (χ3n) is 3.73. The normalized spacial score (nSPS) is 11.2. The Kier molecular flexibility index (Phi) is 4.65. The van der Waals surface area contributed by atoms with Crippen molar-refractivity contribution in [2.24, 2.45) is 0 Å². The molecule has 0 aliphatic heterocycles. The molecule has 2 N–H and O–H groups in total. The van der Waals surface area contributed by atoms with Gasteiger partial charge in [0.25, 0.3) is 5.56 Å². The van der Waals surface area contributed by atoms with Crippen molar-refractivity contribution in [3.05, 3.63) is 46.1 Å². The zero-order valence-electron chi connectivity index (χ0n) is 14.4. The van der Waals surface area contributed by atoms with Gasteiger partial charge in [0.15, 0.2) is 0 Å². The number of aromatic amines is 1. The van der Waals surface area contributed by atoms with Gasteiger partial charge in [-0.3, -0.25) is 9.59 Å². The summed E-state index contributed by atoms with van der Waals surface area (Å²) in [6.45, 7) is 5.76. The largest absolute Gasteiger partial charge is 0.354 e. The monoisotopic (exact) mass is 340 g/mol. The lowest BCUT2D eigenvalue weighted by molar-refractivity contribution is -0.121. The second kappa shape index (κ2) is 6.88. The Balaban J connectivity index is 1.81. The van der Waals surface area contributed by atoms with Crippen LogP contribution in [0.25, 0.3) is 22.3 Å². The first kappa shape index (κ1) is 16.9. The molecule has 0 atom stereocenters. The van der Waals surface area contributed by atoms with E-state index < -0.39 is 0 Å². The average molecular weight is 340 g/mol. The van der Waals surface area contributed by atoms with Crippen LogP contribution in [-0.4, -0.2) is 27.1 Å². The molecule has 0 aliphatic rings. The topological polar surface area (TPSA) is 101 Å². The number of nitrogens with one attached hydrogen (secondary N) is 2. The number of rotatable bonds is 5. The number of fused-ring (bicyclic) bond motifs is 1. The summed E-state index contributed by atoms with van der Waals surface area (Å²) in [6.07, 6.45) is 0.587. The molecule has 3 rings (SSSR count). The number of H-pyrrole nitrogens is 1. The van der Waals surface area contributed by atoms with Crippen molar-refractivity contribution in [2.45, 2.75) is 39.7 Å². The Bertz CT molecular complexity index is 972. The van der Waals surface area contributed by atoms with Gasteiger partial charge in [0.2, 0.25) is 17.6 Å². The molecule has 130 valence electrons. The third-order valence-corrected chi connectivity index (χ3v) is 3.73. The summed E-state index contributed by atoms with van der Waals surface area (Å²) in [4.78, 5) is 31.1. The van der Waals surface area contributed by atoms with Gasteiger partial charge in [0.1, 0.15) is 0 Å². The first-order valence-corrected chi connectivity index (χ1v) is 8.18. The van der Waals surface area contributed by atoms with Gasteiger partial charge >= 0.3 is 0 Å². The highest BCUT2D eigenvalue weighted by molar-refractivity contribution is 5.82. The summed E-state index contributed by atoms with van der Waals surface area (Å²) in [5.74, 6) is 0.481. The zero-order valence-corrected chi connectivity index (χ0v) is 14.4. The molecular weight excluding hydrogens is 320 g/mol. The van der Waals surface area contributed by atoms with E-state index in [9.17, 15) is 9.59 Å². The lowest BCUT2D eigenvalue weighted by Gasteiger charge is -2.06. The molecule has 25 heavy (non-hydrogen) atoms. The van der Waals surface area contributed by atoms with Gasteiger partial charge in [-0.2, -0.15) is 4.98 Å². The first-order chi connectivity index (χ1) is 11.9. The van der Waals surface area contributed by atoms with Crippen LogP contribution >= 0.6 is 0 Å². The van der Waals surface area contributed by atoms with E-state index in [0.29, 0.717) is 17.9 Å². The molecule has 0 aliphatic carbocycles. The second-order valence-electron chi connectivity index (χ2n) is 6.34. The number of carbonyl (C=O) groups excluding carboxylic acids is 1. The van der Waals surface area contributed by atoms with Crippen LogP contribution < -0.4 is 10.9 Å². The summed E-state index contributed by atoms with van der Waals surface area (Å²) < 4.78 is 5.17. The van der Waals surface area contributed by atoms with E-state index in [1.807, 2.05) is 39.0 Å². The minimum absolute atomic E-state index is 0.0753. The fraction of sp³-hybridized carbons (Fsp3) is 0.333. The smallest absolute Gasteiger partial charge is 0.259 e. The van der Waals surface area contributed by atoms with E-state index >= 15 is 0 Å². The van der Waals surface area contributed by atoms with Crippen LogP contribution in [0, 0.1) is 6.92 Å². The Morgan fingerprint density at radius 1 is 1.32 bits per heavy atom. The van der Waals surface area contributed by atoms with Crippen molar-refractivity contribution in [1.29, 1.82) is 0 Å². The molecule has 1 amide bonds. The summed E-state index contributed by atoms with van der Waals surface area (Å²) in [6, 6.07) is 7.65. The number of benzene rings is 1. The molecule has 0 saturated heterocycles. The number of hydrogen-bond acceptors (Lipinski definition) is 5. The fourth-order valence-electron chi connectivity index (χ4n) is 2.56. The van der Waals surface area contributed by atoms with E-state index in [1.54, 1.807) is 6.07 Å². The number of nitrogens with zero attached hydrogens (tertiary/aromatic N) is 2. The predicted molar refractivity (Wildman–Crippen MR) is 94.2 cm³/mol. The zero-order chi connectivity index (χ0) is 18.0. The second-order valence-corrected chi connectivity index (χ2v) is 6.34. The van der Waals surface area contributed by atoms with Crippen LogP contribution in [0.3, 0.4) is 0 Å². The number of hydrogen-bond donors (Lipinski definition) is 2. The van der Waals surface area contributed by atoms with Crippen molar-refractivity contribution in [3.8, 4) is 11.4 Å². The highest BCUT2D eigenvalue weighted by atomic mass is 16.5. The molecule has 2 aromatic heterocycles. The van der Waals surface area contributed by atoms with Gasteiger partial charge in [0.05, 0.1) is 5.56 Å². The van der Waals surface area contributed by atoms with Crippen LogP contribution in [0.4, 0.5) is 0 Å². The average Bonchev–Trinajstić information content (AvgIpc) is 3.00. The maximum atomic E-state index is 12.3. The van der Waals surface area contributed by atoms with Crippen LogP contribution in [-0.2, 0) is 11.2 Å². The SMILES string of the molecule is Cc1ccc2cc(-c3noc(CCC(=O)NC(C)C)n3)c(=O)[nH]c2c1. The number of pyridine rings is 1. The van der Waals surface area contributed by atoms with Gasteiger partial charge in [-0.1, -0.05) is 17.3 Å². The van der Waals surface area contributed by atoms with Crippen molar-refractivity contribution in [3.63, 3.8) is 0 Å².